The molecule has 0 saturated carbocycles. The Morgan fingerprint density at radius 3 is 2.32 bits per heavy atom. The van der Waals surface area contributed by atoms with Crippen LogP contribution in [0.4, 0.5) is 10.5 Å². The average molecular weight is 380 g/mol. The normalized spacial score (nSPS) is 16.7. The Kier molecular flexibility index (Phi) is 5.21. The predicted octanol–water partition coefficient (Wildman–Crippen LogP) is 2.20. The van der Waals surface area contributed by atoms with Crippen LogP contribution in [-0.4, -0.2) is 35.0 Å². The van der Waals surface area contributed by atoms with Crippen LogP contribution in [0.25, 0.3) is 6.08 Å². The van der Waals surface area contributed by atoms with Crippen molar-refractivity contribution in [3.05, 3.63) is 65.7 Å². The van der Waals surface area contributed by atoms with Crippen molar-refractivity contribution in [3.63, 3.8) is 0 Å². The van der Waals surface area contributed by atoms with Crippen molar-refractivity contribution in [2.24, 2.45) is 0 Å². The van der Waals surface area contributed by atoms with Crippen LogP contribution >= 0.6 is 0 Å². The van der Waals surface area contributed by atoms with Gasteiger partial charge in [-0.2, -0.15) is 0 Å². The Labute approximate surface area is 160 Å². The molecule has 1 aliphatic heterocycles. The summed E-state index contributed by atoms with van der Waals surface area (Å²) in [7, 11) is 0. The molecule has 1 aliphatic rings. The van der Waals surface area contributed by atoms with Gasteiger partial charge in [-0.25, -0.2) is 14.5 Å². The standard InChI is InChI=1S/C20H16N2O6/c1-12(19(25)26)28-15-9-7-13(8-10-15)11-16-17(23)21-20(27)22(18(16)24)14-5-3-2-4-6-14/h2-12H,1H3,(H,25,26)(H,21,23,27)/b16-11+. The molecule has 2 aromatic carbocycles. The number of urea groups is 1. The van der Waals surface area contributed by atoms with Crippen molar-refractivity contribution in [3.8, 4) is 5.75 Å². The highest BCUT2D eigenvalue weighted by atomic mass is 16.5. The zero-order valence-corrected chi connectivity index (χ0v) is 14.8. The van der Waals surface area contributed by atoms with Gasteiger partial charge in [0.05, 0.1) is 5.69 Å². The van der Waals surface area contributed by atoms with Crippen LogP contribution in [0.2, 0.25) is 0 Å². The Balaban J connectivity index is 1.86. The van der Waals surface area contributed by atoms with E-state index in [-0.39, 0.29) is 5.57 Å². The highest BCUT2D eigenvalue weighted by Gasteiger charge is 2.36. The first-order chi connectivity index (χ1) is 13.4. The topological polar surface area (TPSA) is 113 Å². The lowest BCUT2D eigenvalue weighted by molar-refractivity contribution is -0.144. The molecule has 0 radical (unpaired) electrons. The van der Waals surface area contributed by atoms with Gasteiger partial charge in [-0.05, 0) is 42.8 Å². The fraction of sp³-hybridized carbons (Fsp3) is 0.100. The number of aliphatic carboxylic acids is 1. The quantitative estimate of drug-likeness (QED) is 0.607. The molecule has 2 N–H and O–H groups in total. The number of anilines is 1. The lowest BCUT2D eigenvalue weighted by Gasteiger charge is -2.26. The maximum Gasteiger partial charge on any atom is 0.344 e. The van der Waals surface area contributed by atoms with E-state index in [1.807, 2.05) is 0 Å². The molecule has 0 spiro atoms. The summed E-state index contributed by atoms with van der Waals surface area (Å²) in [6.07, 6.45) is 0.338. The van der Waals surface area contributed by atoms with E-state index in [0.717, 1.165) is 4.90 Å². The van der Waals surface area contributed by atoms with Crippen molar-refractivity contribution in [2.75, 3.05) is 4.90 Å². The molecule has 0 aliphatic carbocycles. The molecule has 8 nitrogen and oxygen atoms in total. The first kappa shape index (κ1) is 18.8. The molecular weight excluding hydrogens is 364 g/mol. The highest BCUT2D eigenvalue weighted by molar-refractivity contribution is 6.39. The third kappa shape index (κ3) is 3.90. The van der Waals surface area contributed by atoms with Crippen molar-refractivity contribution in [1.29, 1.82) is 0 Å². The van der Waals surface area contributed by atoms with Gasteiger partial charge in [-0.15, -0.1) is 0 Å². The Morgan fingerprint density at radius 1 is 1.07 bits per heavy atom. The number of rotatable bonds is 5. The Hall–Kier alpha value is -3.94. The summed E-state index contributed by atoms with van der Waals surface area (Å²) in [4.78, 5) is 48.7. The van der Waals surface area contributed by atoms with E-state index >= 15 is 0 Å². The third-order valence-corrected chi connectivity index (χ3v) is 3.97. The minimum Gasteiger partial charge on any atom is -0.479 e. The summed E-state index contributed by atoms with van der Waals surface area (Å²) >= 11 is 0. The molecule has 0 aromatic heterocycles. The van der Waals surface area contributed by atoms with Crippen LogP contribution in [0, 0.1) is 0 Å². The number of para-hydroxylation sites is 1. The van der Waals surface area contributed by atoms with Gasteiger partial charge in [-0.3, -0.25) is 14.9 Å². The van der Waals surface area contributed by atoms with Gasteiger partial charge in [0.15, 0.2) is 6.10 Å². The molecule has 1 saturated heterocycles. The number of carboxylic acid groups (broad SMARTS) is 1. The van der Waals surface area contributed by atoms with Gasteiger partial charge in [0.1, 0.15) is 11.3 Å². The number of nitrogens with one attached hydrogen (secondary N) is 1. The number of imide groups is 2. The van der Waals surface area contributed by atoms with E-state index in [0.29, 0.717) is 17.0 Å². The summed E-state index contributed by atoms with van der Waals surface area (Å²) in [6.45, 7) is 1.40. The first-order valence-electron chi connectivity index (χ1n) is 8.33. The van der Waals surface area contributed by atoms with E-state index in [1.54, 1.807) is 42.5 Å². The molecule has 1 fully saturated rings. The molecule has 28 heavy (non-hydrogen) atoms. The fourth-order valence-electron chi connectivity index (χ4n) is 2.53. The summed E-state index contributed by atoms with van der Waals surface area (Å²) < 4.78 is 5.23. The molecule has 1 atom stereocenters. The molecule has 0 bridgehead atoms. The first-order valence-corrected chi connectivity index (χ1v) is 8.33. The SMILES string of the molecule is CC(Oc1ccc(/C=C2\C(=O)NC(=O)N(c3ccccc3)C2=O)cc1)C(=O)O. The number of hydrogen-bond acceptors (Lipinski definition) is 5. The molecule has 8 heteroatoms. The van der Waals surface area contributed by atoms with Gasteiger partial charge in [-0.1, -0.05) is 30.3 Å². The lowest BCUT2D eigenvalue weighted by atomic mass is 10.1. The van der Waals surface area contributed by atoms with E-state index in [2.05, 4.69) is 5.32 Å². The minimum absolute atomic E-state index is 0.198. The fourth-order valence-corrected chi connectivity index (χ4v) is 2.53. The smallest absolute Gasteiger partial charge is 0.344 e. The molecule has 4 amide bonds. The maximum atomic E-state index is 12.7. The van der Waals surface area contributed by atoms with Crippen LogP contribution < -0.4 is 15.0 Å². The zero-order chi connectivity index (χ0) is 20.3. The summed E-state index contributed by atoms with van der Waals surface area (Å²) in [5, 5.41) is 11.0. The molecular formula is C20H16N2O6. The minimum atomic E-state index is -1.10. The number of carboxylic acids is 1. The molecule has 1 unspecified atom stereocenters. The highest BCUT2D eigenvalue weighted by Crippen LogP contribution is 2.22. The average Bonchev–Trinajstić information content (AvgIpc) is 2.67. The zero-order valence-electron chi connectivity index (χ0n) is 14.8. The molecule has 142 valence electrons. The van der Waals surface area contributed by atoms with Gasteiger partial charge >= 0.3 is 12.0 Å². The molecule has 3 rings (SSSR count). The number of hydrogen-bond donors (Lipinski definition) is 2. The molecule has 1 heterocycles. The van der Waals surface area contributed by atoms with Crippen LogP contribution in [0.15, 0.2) is 60.2 Å². The second-order valence-corrected chi connectivity index (χ2v) is 5.96. The number of ether oxygens (including phenoxy) is 1. The van der Waals surface area contributed by atoms with Gasteiger partial charge in [0.25, 0.3) is 11.8 Å². The second kappa shape index (κ2) is 7.75. The Morgan fingerprint density at radius 2 is 1.71 bits per heavy atom. The van der Waals surface area contributed by atoms with Crippen LogP contribution in [0.1, 0.15) is 12.5 Å². The second-order valence-electron chi connectivity index (χ2n) is 5.96. The van der Waals surface area contributed by atoms with E-state index in [4.69, 9.17) is 9.84 Å². The maximum absolute atomic E-state index is 12.7. The summed E-state index contributed by atoms with van der Waals surface area (Å²) in [6, 6.07) is 13.6. The lowest BCUT2D eigenvalue weighted by Crippen LogP contribution is -2.54. The van der Waals surface area contributed by atoms with E-state index in [1.165, 1.54) is 25.1 Å². The van der Waals surface area contributed by atoms with Crippen molar-refractivity contribution < 1.29 is 29.0 Å². The van der Waals surface area contributed by atoms with Crippen LogP contribution in [-0.2, 0) is 14.4 Å². The number of nitrogens with zero attached hydrogens (tertiary/aromatic N) is 1. The van der Waals surface area contributed by atoms with Crippen molar-refractivity contribution >= 4 is 35.6 Å². The van der Waals surface area contributed by atoms with Crippen molar-refractivity contribution in [2.45, 2.75) is 13.0 Å². The number of benzene rings is 2. The van der Waals surface area contributed by atoms with E-state index in [9.17, 15) is 19.2 Å². The van der Waals surface area contributed by atoms with Crippen LogP contribution in [0.5, 0.6) is 5.75 Å². The third-order valence-electron chi connectivity index (χ3n) is 3.97. The number of amides is 4. The van der Waals surface area contributed by atoms with Gasteiger partial charge in [0, 0.05) is 0 Å². The molecule has 2 aromatic rings. The number of carbonyl (C=O) groups is 4. The van der Waals surface area contributed by atoms with Gasteiger partial charge in [0.2, 0.25) is 0 Å². The summed E-state index contributed by atoms with van der Waals surface area (Å²) in [5.74, 6) is -2.29. The summed E-state index contributed by atoms with van der Waals surface area (Å²) in [5.41, 5.74) is 0.655. The van der Waals surface area contributed by atoms with Crippen molar-refractivity contribution in [1.82, 2.24) is 5.32 Å². The monoisotopic (exact) mass is 380 g/mol. The number of barbiturate groups is 1. The van der Waals surface area contributed by atoms with Gasteiger partial charge < -0.3 is 9.84 Å². The largest absolute Gasteiger partial charge is 0.479 e. The Bertz CT molecular complexity index is 966. The predicted molar refractivity (Wildman–Crippen MR) is 99.6 cm³/mol. The number of carbonyl (C=O) groups excluding carboxylic acids is 3. The van der Waals surface area contributed by atoms with E-state index < -0.39 is 29.9 Å². The van der Waals surface area contributed by atoms with Crippen LogP contribution in [0.3, 0.4) is 0 Å².